The Morgan fingerprint density at radius 2 is 2.07 bits per heavy atom. The van der Waals surface area contributed by atoms with Gasteiger partial charge in [-0.2, -0.15) is 0 Å². The fourth-order valence-electron chi connectivity index (χ4n) is 4.18. The van der Waals surface area contributed by atoms with Crippen LogP contribution >= 0.6 is 0 Å². The van der Waals surface area contributed by atoms with E-state index < -0.39 is 11.0 Å². The molecule has 0 saturated carbocycles. The molecule has 1 aliphatic rings. The Hall–Kier alpha value is -2.51. The fourth-order valence-corrected chi connectivity index (χ4v) is 4.91. The number of fused-ring (bicyclic) bond motifs is 2. The molecular weight excluding hydrogens is 389 g/mol. The van der Waals surface area contributed by atoms with Crippen LogP contribution in [0.15, 0.2) is 47.0 Å². The molecule has 3 heterocycles. The Labute approximate surface area is 170 Å². The number of nitrogens with zero attached hydrogens (tertiary/aromatic N) is 2. The summed E-state index contributed by atoms with van der Waals surface area (Å²) in [5, 5.41) is 0.977. The van der Waals surface area contributed by atoms with Gasteiger partial charge in [-0.05, 0) is 54.7 Å². The van der Waals surface area contributed by atoms with E-state index in [1.807, 2.05) is 28.7 Å². The lowest BCUT2D eigenvalue weighted by molar-refractivity contribution is 0.272. The first kappa shape index (κ1) is 18.5. The summed E-state index contributed by atoms with van der Waals surface area (Å²) in [5.74, 6) is 1.01. The molecule has 1 aliphatic heterocycles. The second-order valence-corrected chi connectivity index (χ2v) is 9.05. The zero-order chi connectivity index (χ0) is 20.0. The number of benzene rings is 2. The molecule has 1 saturated heterocycles. The first-order valence-electron chi connectivity index (χ1n) is 9.82. The van der Waals surface area contributed by atoms with Gasteiger partial charge in [0, 0.05) is 48.4 Å². The highest BCUT2D eigenvalue weighted by atomic mass is 32.2. The molecular formula is C22H22FN3O2S. The molecule has 0 amide bonds. The molecule has 1 fully saturated rings. The van der Waals surface area contributed by atoms with Crippen molar-refractivity contribution in [3.05, 3.63) is 54.3 Å². The van der Waals surface area contributed by atoms with Crippen LogP contribution in [0.2, 0.25) is 0 Å². The zero-order valence-electron chi connectivity index (χ0n) is 16.2. The lowest BCUT2D eigenvalue weighted by Gasteiger charge is -2.29. The average Bonchev–Trinajstić information content (AvgIpc) is 3.30. The highest BCUT2D eigenvalue weighted by molar-refractivity contribution is 7.81. The first-order chi connectivity index (χ1) is 14.1. The van der Waals surface area contributed by atoms with Gasteiger partial charge in [-0.1, -0.05) is 6.07 Å². The van der Waals surface area contributed by atoms with E-state index in [1.54, 1.807) is 12.3 Å². The maximum Gasteiger partial charge on any atom is 0.195 e. The van der Waals surface area contributed by atoms with Crippen LogP contribution in [0, 0.1) is 11.7 Å². The van der Waals surface area contributed by atoms with Gasteiger partial charge in [0.05, 0.1) is 11.0 Å². The van der Waals surface area contributed by atoms with Gasteiger partial charge >= 0.3 is 0 Å². The number of nitrogens with one attached hydrogen (secondary N) is 1. The smallest absolute Gasteiger partial charge is 0.195 e. The average molecular weight is 412 g/mol. The summed E-state index contributed by atoms with van der Waals surface area (Å²) in [7, 11) is -0.884. The molecule has 1 atom stereocenters. The third-order valence-electron chi connectivity index (χ3n) is 5.79. The third-order valence-corrected chi connectivity index (χ3v) is 6.88. The summed E-state index contributed by atoms with van der Waals surface area (Å²) in [6, 6.07) is 10.8. The minimum absolute atomic E-state index is 0.253. The van der Waals surface area contributed by atoms with Crippen molar-refractivity contribution in [3.8, 4) is 11.1 Å². The molecule has 5 rings (SSSR count). The Balaban J connectivity index is 1.38. The van der Waals surface area contributed by atoms with Crippen molar-refractivity contribution < 1.29 is 13.0 Å². The molecule has 0 radical (unpaired) electrons. The standard InChI is InChI=1S/C22H22FN3O2S/c1-29(27)26-8-6-14(7-9-26)10-22-25-19-5-2-15(11-21(19)28-22)18-13-24-20-12-16(23)3-4-17(18)20/h2-5,11-14,24H,6-10H2,1H3. The Morgan fingerprint density at radius 3 is 2.86 bits per heavy atom. The van der Waals surface area contributed by atoms with Gasteiger partial charge in [0.25, 0.3) is 0 Å². The molecule has 1 unspecified atom stereocenters. The van der Waals surface area contributed by atoms with Gasteiger partial charge in [-0.25, -0.2) is 17.9 Å². The van der Waals surface area contributed by atoms with Crippen molar-refractivity contribution in [1.29, 1.82) is 0 Å². The summed E-state index contributed by atoms with van der Waals surface area (Å²) in [6.45, 7) is 1.72. The summed E-state index contributed by atoms with van der Waals surface area (Å²) >= 11 is 0. The SMILES string of the molecule is CS(=O)N1CCC(Cc2nc3ccc(-c4c[nH]c5cc(F)ccc45)cc3o2)CC1. The zero-order valence-corrected chi connectivity index (χ0v) is 17.0. The van der Waals surface area contributed by atoms with E-state index in [9.17, 15) is 8.60 Å². The summed E-state index contributed by atoms with van der Waals surface area (Å²) < 4.78 is 33.1. The Kier molecular flexibility index (Phi) is 4.72. The predicted molar refractivity (Wildman–Crippen MR) is 113 cm³/mol. The number of oxazole rings is 1. The lowest BCUT2D eigenvalue weighted by Crippen LogP contribution is -2.35. The van der Waals surface area contributed by atoms with E-state index in [0.29, 0.717) is 5.92 Å². The number of halogens is 1. The van der Waals surface area contributed by atoms with Crippen molar-refractivity contribution in [2.24, 2.45) is 5.92 Å². The highest BCUT2D eigenvalue weighted by Gasteiger charge is 2.23. The Bertz CT molecular complexity index is 1210. The minimum atomic E-state index is -0.884. The van der Waals surface area contributed by atoms with Crippen LogP contribution in [-0.4, -0.2) is 37.8 Å². The van der Waals surface area contributed by atoms with E-state index >= 15 is 0 Å². The van der Waals surface area contributed by atoms with Gasteiger partial charge in [-0.15, -0.1) is 0 Å². The monoisotopic (exact) mass is 411 g/mol. The molecule has 29 heavy (non-hydrogen) atoms. The molecule has 0 aliphatic carbocycles. The summed E-state index contributed by atoms with van der Waals surface area (Å²) in [6.07, 6.45) is 6.46. The van der Waals surface area contributed by atoms with E-state index in [0.717, 1.165) is 71.4 Å². The summed E-state index contributed by atoms with van der Waals surface area (Å²) in [4.78, 5) is 7.79. The molecule has 1 N–H and O–H groups in total. The molecule has 4 aromatic rings. The van der Waals surface area contributed by atoms with Crippen molar-refractivity contribution in [2.75, 3.05) is 19.3 Å². The number of hydrogen-bond donors (Lipinski definition) is 1. The second-order valence-electron chi connectivity index (χ2n) is 7.68. The molecule has 0 bridgehead atoms. The lowest BCUT2D eigenvalue weighted by atomic mass is 9.95. The number of piperidine rings is 1. The van der Waals surface area contributed by atoms with Crippen LogP contribution in [-0.2, 0) is 17.4 Å². The maximum absolute atomic E-state index is 13.5. The van der Waals surface area contributed by atoms with Gasteiger partial charge in [0.15, 0.2) is 11.5 Å². The number of rotatable bonds is 4. The van der Waals surface area contributed by atoms with E-state index in [4.69, 9.17) is 4.42 Å². The van der Waals surface area contributed by atoms with Crippen molar-refractivity contribution >= 4 is 33.0 Å². The van der Waals surface area contributed by atoms with E-state index in [-0.39, 0.29) is 5.82 Å². The van der Waals surface area contributed by atoms with Crippen LogP contribution in [0.4, 0.5) is 4.39 Å². The van der Waals surface area contributed by atoms with E-state index in [1.165, 1.54) is 12.1 Å². The highest BCUT2D eigenvalue weighted by Crippen LogP contribution is 2.32. The molecule has 2 aromatic carbocycles. The van der Waals surface area contributed by atoms with Crippen LogP contribution in [0.5, 0.6) is 0 Å². The van der Waals surface area contributed by atoms with Gasteiger partial charge in [-0.3, -0.25) is 0 Å². The molecule has 2 aromatic heterocycles. The van der Waals surface area contributed by atoms with Crippen LogP contribution < -0.4 is 0 Å². The van der Waals surface area contributed by atoms with Crippen LogP contribution in [0.1, 0.15) is 18.7 Å². The third kappa shape index (κ3) is 3.60. The van der Waals surface area contributed by atoms with Gasteiger partial charge < -0.3 is 9.40 Å². The van der Waals surface area contributed by atoms with Crippen molar-refractivity contribution in [2.45, 2.75) is 19.3 Å². The predicted octanol–water partition coefficient (Wildman–Crippen LogP) is 4.66. The number of H-pyrrole nitrogens is 1. The molecule has 5 nitrogen and oxygen atoms in total. The van der Waals surface area contributed by atoms with Crippen LogP contribution in [0.3, 0.4) is 0 Å². The van der Waals surface area contributed by atoms with Gasteiger partial charge in [0.1, 0.15) is 11.3 Å². The van der Waals surface area contributed by atoms with E-state index in [2.05, 4.69) is 9.97 Å². The minimum Gasteiger partial charge on any atom is -0.441 e. The van der Waals surface area contributed by atoms with Crippen molar-refractivity contribution in [3.63, 3.8) is 0 Å². The fraction of sp³-hybridized carbons (Fsp3) is 0.318. The maximum atomic E-state index is 13.5. The number of aromatic amines is 1. The van der Waals surface area contributed by atoms with Crippen LogP contribution in [0.25, 0.3) is 33.1 Å². The first-order valence-corrected chi connectivity index (χ1v) is 11.3. The number of aromatic nitrogens is 2. The largest absolute Gasteiger partial charge is 0.441 e. The topological polar surface area (TPSA) is 62.1 Å². The van der Waals surface area contributed by atoms with Crippen molar-refractivity contribution in [1.82, 2.24) is 14.3 Å². The number of hydrogen-bond acceptors (Lipinski definition) is 3. The molecule has 150 valence electrons. The second kappa shape index (κ2) is 7.39. The normalized spacial score (nSPS) is 17.3. The van der Waals surface area contributed by atoms with Gasteiger partial charge in [0.2, 0.25) is 0 Å². The Morgan fingerprint density at radius 1 is 1.24 bits per heavy atom. The molecule has 0 spiro atoms. The molecule has 7 heteroatoms. The quantitative estimate of drug-likeness (QED) is 0.531. The summed E-state index contributed by atoms with van der Waals surface area (Å²) in [5.41, 5.74) is 4.41.